The van der Waals surface area contributed by atoms with Crippen LogP contribution in [-0.2, 0) is 4.74 Å². The molecular weight excluding hydrogens is 408 g/mol. The second-order valence-electron chi connectivity index (χ2n) is 4.60. The number of nitrogens with one attached hydrogen (secondary N) is 2. The fourth-order valence-corrected chi connectivity index (χ4v) is 3.37. The minimum atomic E-state index is -1.11. The number of urea groups is 1. The molecule has 3 N–H and O–H groups in total. The average molecular weight is 422 g/mol. The van der Waals surface area contributed by atoms with E-state index in [2.05, 4.69) is 42.5 Å². The molecule has 0 spiro atoms. The molecule has 0 bridgehead atoms. The number of anilines is 1. The molecule has 1 fully saturated rings. The van der Waals surface area contributed by atoms with Crippen molar-refractivity contribution in [3.8, 4) is 0 Å². The fourth-order valence-electron chi connectivity index (χ4n) is 2.05. The van der Waals surface area contributed by atoms with Gasteiger partial charge in [-0.25, -0.2) is 9.59 Å². The quantitative estimate of drug-likeness (QED) is 0.699. The molecule has 1 aromatic rings. The standard InChI is InChI=1S/C13H14Br2N2O4/c14-7-5-9(12(18)19)11(10(15)6-7)17-13(20)16-8-1-3-21-4-2-8/h5-6,8H,1-4H2,(H,18,19)(H2,16,17,20). The van der Waals surface area contributed by atoms with E-state index in [1.54, 1.807) is 6.07 Å². The second-order valence-corrected chi connectivity index (χ2v) is 6.37. The van der Waals surface area contributed by atoms with Crippen molar-refractivity contribution in [2.45, 2.75) is 18.9 Å². The smallest absolute Gasteiger partial charge is 0.337 e. The minimum Gasteiger partial charge on any atom is -0.478 e. The number of carbonyl (C=O) groups is 2. The van der Waals surface area contributed by atoms with E-state index in [1.165, 1.54) is 6.07 Å². The van der Waals surface area contributed by atoms with E-state index in [9.17, 15) is 14.7 Å². The van der Waals surface area contributed by atoms with E-state index in [-0.39, 0.29) is 17.3 Å². The lowest BCUT2D eigenvalue weighted by Gasteiger charge is -2.23. The van der Waals surface area contributed by atoms with Crippen LogP contribution in [0.3, 0.4) is 0 Å². The third-order valence-electron chi connectivity index (χ3n) is 3.08. The molecule has 0 saturated carbocycles. The van der Waals surface area contributed by atoms with Crippen molar-refractivity contribution in [3.05, 3.63) is 26.6 Å². The van der Waals surface area contributed by atoms with E-state index >= 15 is 0 Å². The van der Waals surface area contributed by atoms with E-state index in [1.807, 2.05) is 0 Å². The van der Waals surface area contributed by atoms with Gasteiger partial charge >= 0.3 is 12.0 Å². The van der Waals surface area contributed by atoms with Gasteiger partial charge in [0.15, 0.2) is 0 Å². The van der Waals surface area contributed by atoms with E-state index in [0.29, 0.717) is 22.2 Å². The van der Waals surface area contributed by atoms with Gasteiger partial charge in [-0.05, 0) is 40.9 Å². The lowest BCUT2D eigenvalue weighted by molar-refractivity contribution is 0.0698. The summed E-state index contributed by atoms with van der Waals surface area (Å²) < 4.78 is 6.33. The number of rotatable bonds is 3. The van der Waals surface area contributed by atoms with Crippen molar-refractivity contribution in [1.82, 2.24) is 5.32 Å². The van der Waals surface area contributed by atoms with Gasteiger partial charge in [0.1, 0.15) is 0 Å². The number of carbonyl (C=O) groups excluding carboxylic acids is 1. The Hall–Kier alpha value is -1.12. The molecule has 1 aliphatic heterocycles. The first-order valence-electron chi connectivity index (χ1n) is 6.35. The fraction of sp³-hybridized carbons (Fsp3) is 0.385. The molecule has 0 aromatic heterocycles. The average Bonchev–Trinajstić information content (AvgIpc) is 2.42. The molecule has 1 aromatic carbocycles. The summed E-state index contributed by atoms with van der Waals surface area (Å²) in [6.45, 7) is 1.24. The van der Waals surface area contributed by atoms with Crippen LogP contribution in [0.25, 0.3) is 0 Å². The van der Waals surface area contributed by atoms with Crippen LogP contribution in [0, 0.1) is 0 Å². The highest BCUT2D eigenvalue weighted by atomic mass is 79.9. The Labute approximate surface area is 138 Å². The minimum absolute atomic E-state index is 0.0124. The Balaban J connectivity index is 2.11. The zero-order valence-corrected chi connectivity index (χ0v) is 14.2. The summed E-state index contributed by atoms with van der Waals surface area (Å²) in [4.78, 5) is 23.3. The predicted molar refractivity (Wildman–Crippen MR) is 84.8 cm³/mol. The predicted octanol–water partition coefficient (Wildman–Crippen LogP) is 3.21. The van der Waals surface area contributed by atoms with E-state index < -0.39 is 12.0 Å². The van der Waals surface area contributed by atoms with Gasteiger partial charge in [-0.2, -0.15) is 0 Å². The summed E-state index contributed by atoms with van der Waals surface area (Å²) in [6.07, 6.45) is 1.50. The zero-order valence-electron chi connectivity index (χ0n) is 11.0. The van der Waals surface area contributed by atoms with Crippen molar-refractivity contribution in [1.29, 1.82) is 0 Å². The van der Waals surface area contributed by atoms with Crippen molar-refractivity contribution in [2.75, 3.05) is 18.5 Å². The summed E-state index contributed by atoms with van der Waals surface area (Å²) >= 11 is 6.49. The van der Waals surface area contributed by atoms with Crippen molar-refractivity contribution < 1.29 is 19.4 Å². The second kappa shape index (κ2) is 7.24. The van der Waals surface area contributed by atoms with Gasteiger partial charge in [0, 0.05) is 28.2 Å². The lowest BCUT2D eigenvalue weighted by atomic mass is 10.1. The molecule has 6 nitrogen and oxygen atoms in total. The van der Waals surface area contributed by atoms with Crippen molar-refractivity contribution in [3.63, 3.8) is 0 Å². The number of carboxylic acids is 1. The van der Waals surface area contributed by atoms with Crippen LogP contribution in [0.1, 0.15) is 23.2 Å². The molecule has 2 rings (SSSR count). The first-order valence-corrected chi connectivity index (χ1v) is 7.93. The van der Waals surface area contributed by atoms with Gasteiger partial charge in [-0.1, -0.05) is 15.9 Å². The van der Waals surface area contributed by atoms with Crippen LogP contribution in [-0.4, -0.2) is 36.4 Å². The molecular formula is C13H14Br2N2O4. The third kappa shape index (κ3) is 4.42. The molecule has 1 heterocycles. The maximum atomic E-state index is 12.0. The van der Waals surface area contributed by atoms with Crippen LogP contribution in [0.5, 0.6) is 0 Å². The number of ether oxygens (including phenoxy) is 1. The summed E-state index contributed by atoms with van der Waals surface area (Å²) in [5, 5.41) is 14.6. The summed E-state index contributed by atoms with van der Waals surface area (Å²) in [5.41, 5.74) is 0.244. The number of hydrogen-bond acceptors (Lipinski definition) is 3. The Morgan fingerprint density at radius 3 is 2.52 bits per heavy atom. The third-order valence-corrected chi connectivity index (χ3v) is 4.16. The first kappa shape index (κ1) is 16.3. The Morgan fingerprint density at radius 1 is 1.24 bits per heavy atom. The van der Waals surface area contributed by atoms with Gasteiger partial charge < -0.3 is 20.5 Å². The van der Waals surface area contributed by atoms with Crippen LogP contribution in [0.2, 0.25) is 0 Å². The Kier molecular flexibility index (Phi) is 5.60. The Bertz CT molecular complexity index is 559. The monoisotopic (exact) mass is 420 g/mol. The molecule has 21 heavy (non-hydrogen) atoms. The zero-order chi connectivity index (χ0) is 15.4. The van der Waals surface area contributed by atoms with Crippen LogP contribution >= 0.6 is 31.9 Å². The molecule has 0 aliphatic carbocycles. The normalized spacial score (nSPS) is 15.5. The van der Waals surface area contributed by atoms with E-state index in [0.717, 1.165) is 12.8 Å². The summed E-state index contributed by atoms with van der Waals surface area (Å²) in [7, 11) is 0. The van der Waals surface area contributed by atoms with Crippen molar-refractivity contribution >= 4 is 49.5 Å². The molecule has 0 radical (unpaired) electrons. The largest absolute Gasteiger partial charge is 0.478 e. The highest BCUT2D eigenvalue weighted by Gasteiger charge is 2.20. The molecule has 8 heteroatoms. The molecule has 0 unspecified atom stereocenters. The molecule has 1 saturated heterocycles. The first-order chi connectivity index (χ1) is 9.97. The van der Waals surface area contributed by atoms with Crippen molar-refractivity contribution in [2.24, 2.45) is 0 Å². The number of aromatic carboxylic acids is 1. The highest BCUT2D eigenvalue weighted by Crippen LogP contribution is 2.30. The van der Waals surface area contributed by atoms with E-state index in [4.69, 9.17) is 4.74 Å². The molecule has 0 atom stereocenters. The SMILES string of the molecule is O=C(Nc1c(Br)cc(Br)cc1C(=O)O)NC1CCOCC1. The Morgan fingerprint density at radius 2 is 1.90 bits per heavy atom. The van der Waals surface area contributed by atoms with Crippen LogP contribution < -0.4 is 10.6 Å². The number of benzene rings is 1. The summed E-state index contributed by atoms with van der Waals surface area (Å²) in [5.74, 6) is -1.11. The van der Waals surface area contributed by atoms with Crippen LogP contribution in [0.15, 0.2) is 21.1 Å². The van der Waals surface area contributed by atoms with Crippen LogP contribution in [0.4, 0.5) is 10.5 Å². The van der Waals surface area contributed by atoms with Gasteiger partial charge in [-0.15, -0.1) is 0 Å². The van der Waals surface area contributed by atoms with Gasteiger partial charge in [0.25, 0.3) is 0 Å². The number of amides is 2. The maximum Gasteiger partial charge on any atom is 0.337 e. The molecule has 1 aliphatic rings. The number of halogens is 2. The van der Waals surface area contributed by atoms with Gasteiger partial charge in [0.05, 0.1) is 11.3 Å². The topological polar surface area (TPSA) is 87.7 Å². The lowest BCUT2D eigenvalue weighted by Crippen LogP contribution is -2.41. The maximum absolute atomic E-state index is 12.0. The number of hydrogen-bond donors (Lipinski definition) is 3. The molecule has 2 amide bonds. The number of carboxylic acid groups (broad SMARTS) is 1. The summed E-state index contributed by atoms with van der Waals surface area (Å²) in [6, 6.07) is 2.74. The van der Waals surface area contributed by atoms with Gasteiger partial charge in [0.2, 0.25) is 0 Å². The van der Waals surface area contributed by atoms with Gasteiger partial charge in [-0.3, -0.25) is 0 Å². The molecule has 114 valence electrons. The highest BCUT2D eigenvalue weighted by molar-refractivity contribution is 9.11.